The maximum atomic E-state index is 13.8. The van der Waals surface area contributed by atoms with E-state index >= 15 is 0 Å². The van der Waals surface area contributed by atoms with E-state index in [-0.39, 0.29) is 86.0 Å². The van der Waals surface area contributed by atoms with Gasteiger partial charge in [0, 0.05) is 69.0 Å². The van der Waals surface area contributed by atoms with E-state index in [1.807, 2.05) is 13.0 Å². The Morgan fingerprint density at radius 2 is 0.909 bits per heavy atom. The minimum Gasteiger partial charge on any atom is -0.508 e. The molecule has 12 rings (SSSR count). The maximum absolute atomic E-state index is 13.8. The molecule has 5 N–H and O–H groups in total. The minimum absolute atomic E-state index is 0.0333. The van der Waals surface area contributed by atoms with Gasteiger partial charge in [0.15, 0.2) is 29.1 Å². The van der Waals surface area contributed by atoms with E-state index in [1.54, 1.807) is 24.3 Å². The average Bonchev–Trinajstić information content (AvgIpc) is 0.733. The largest absolute Gasteiger partial charge is 0.508 e. The van der Waals surface area contributed by atoms with Gasteiger partial charge >= 0.3 is 0 Å². The lowest BCUT2D eigenvalue weighted by atomic mass is 9.67. The summed E-state index contributed by atoms with van der Waals surface area (Å²) in [7, 11) is 23.0. The first-order valence-electron chi connectivity index (χ1n) is 29.3. The Kier molecular flexibility index (Phi) is 16.6. The van der Waals surface area contributed by atoms with Gasteiger partial charge in [-0.15, -0.1) is 0 Å². The Hall–Kier alpha value is -6.83. The number of rotatable bonds is 11. The Labute approximate surface area is 525 Å². The minimum atomic E-state index is -1.62. The molecule has 4 aliphatic heterocycles. The summed E-state index contributed by atoms with van der Waals surface area (Å²) in [5.41, 5.74) is 13.5. The molecule has 88 heavy (non-hydrogen) atoms. The van der Waals surface area contributed by atoms with Gasteiger partial charge in [-0.25, -0.2) is 0 Å². The molecule has 4 heterocycles. The topological polar surface area (TPSA) is 175 Å². The number of hydrogen-bond acceptors (Lipinski definition) is 13. The van der Waals surface area contributed by atoms with Gasteiger partial charge < -0.3 is 62.6 Å². The van der Waals surface area contributed by atoms with E-state index in [9.17, 15) is 25.5 Å². The van der Waals surface area contributed by atoms with Crippen LogP contribution in [0.15, 0.2) is 103 Å². The lowest BCUT2D eigenvalue weighted by Crippen LogP contribution is -2.39. The van der Waals surface area contributed by atoms with Crippen molar-refractivity contribution in [3.8, 4) is 69.0 Å². The Morgan fingerprint density at radius 1 is 0.409 bits per heavy atom. The van der Waals surface area contributed by atoms with Gasteiger partial charge in [0.2, 0.25) is 0 Å². The van der Waals surface area contributed by atoms with Crippen LogP contribution >= 0.6 is 37.9 Å². The molecule has 19 heteroatoms. The second kappa shape index (κ2) is 23.8. The number of aliphatic hydroxyl groups is 1. The first kappa shape index (κ1) is 61.4. The van der Waals surface area contributed by atoms with E-state index in [4.69, 9.17) is 52.7 Å². The third kappa shape index (κ3) is 10.1. The zero-order chi connectivity index (χ0) is 62.6. The molecule has 0 saturated heterocycles. The van der Waals surface area contributed by atoms with Crippen LogP contribution in [-0.2, 0) is 6.42 Å². The molecule has 4 aliphatic rings. The number of phenols is 4. The van der Waals surface area contributed by atoms with Crippen LogP contribution < -0.4 is 48.0 Å². The summed E-state index contributed by atoms with van der Waals surface area (Å²) >= 11 is 0. The number of hydrogen-bond donors (Lipinski definition) is 5. The Balaban J connectivity index is 1.12. The van der Waals surface area contributed by atoms with Crippen LogP contribution in [0, 0.1) is 59.3 Å². The zero-order valence-corrected chi connectivity index (χ0v) is 55.0. The molecular weight excluding hydrogens is 1180 g/mol. The summed E-state index contributed by atoms with van der Waals surface area (Å²) in [5.74, 6) is -2.64. The highest BCUT2D eigenvalue weighted by Gasteiger charge is 2.51. The molecule has 15 unspecified atom stereocenters. The first-order valence-corrected chi connectivity index (χ1v) is 31.2. The number of fused-ring (bicyclic) bond motifs is 4. The molecular formula is C69H70B2O13P4. The van der Waals surface area contributed by atoms with Gasteiger partial charge in [0.25, 0.3) is 0 Å². The highest BCUT2D eigenvalue weighted by atomic mass is 31.0. The van der Waals surface area contributed by atoms with Crippen LogP contribution in [0.25, 0.3) is 0 Å². The van der Waals surface area contributed by atoms with Crippen LogP contribution in [0.1, 0.15) is 158 Å². The van der Waals surface area contributed by atoms with Gasteiger partial charge in [0.05, 0.1) is 43.8 Å². The van der Waals surface area contributed by atoms with E-state index in [0.29, 0.717) is 33.9 Å². The van der Waals surface area contributed by atoms with E-state index in [0.717, 1.165) is 56.7 Å². The molecule has 0 aliphatic carbocycles. The van der Waals surface area contributed by atoms with Crippen molar-refractivity contribution in [2.45, 2.75) is 117 Å². The molecule has 15 atom stereocenters. The van der Waals surface area contributed by atoms with Gasteiger partial charge in [-0.2, -0.15) is 0 Å². The molecule has 0 spiro atoms. The molecule has 13 nitrogen and oxygen atoms in total. The van der Waals surface area contributed by atoms with Crippen LogP contribution in [0.4, 0.5) is 0 Å². The van der Waals surface area contributed by atoms with Crippen molar-refractivity contribution in [2.75, 3.05) is 0 Å². The predicted octanol–water partition coefficient (Wildman–Crippen LogP) is 13.4. The normalized spacial score (nSPS) is 23.4. The number of aromatic hydroxyl groups is 4. The number of phenolic OH excluding ortho intramolecular Hbond substituents is 4. The van der Waals surface area contributed by atoms with Crippen LogP contribution in [0.2, 0.25) is 0 Å². The number of aliphatic hydroxyl groups excluding tert-OH is 1. The fourth-order valence-corrected chi connectivity index (χ4v) is 15.0. The highest BCUT2D eigenvalue weighted by Crippen LogP contribution is 2.63. The van der Waals surface area contributed by atoms with Gasteiger partial charge in [-0.05, 0) is 144 Å². The van der Waals surface area contributed by atoms with E-state index in [1.165, 1.54) is 34.9 Å². The van der Waals surface area contributed by atoms with E-state index < -0.39 is 53.7 Å². The van der Waals surface area contributed by atoms with Crippen molar-refractivity contribution in [1.82, 2.24) is 0 Å². The second-order valence-corrected chi connectivity index (χ2v) is 25.3. The number of aryl methyl sites for hydroxylation is 6. The van der Waals surface area contributed by atoms with Crippen LogP contribution in [-0.4, -0.2) is 47.3 Å². The second-order valence-electron chi connectivity index (χ2n) is 24.4. The van der Waals surface area contributed by atoms with Crippen molar-refractivity contribution in [3.63, 3.8) is 0 Å². The molecule has 0 bridgehead atoms. The highest BCUT2D eigenvalue weighted by molar-refractivity contribution is 7.11. The first-order chi connectivity index (χ1) is 42.1. The van der Waals surface area contributed by atoms with Crippen molar-refractivity contribution in [2.24, 2.45) is 17.8 Å². The fraction of sp³-hybridized carbons (Fsp3) is 0.304. The van der Waals surface area contributed by atoms with Gasteiger partial charge in [0.1, 0.15) is 86.1 Å². The number of ether oxygens (including phenoxy) is 4. The summed E-state index contributed by atoms with van der Waals surface area (Å²) in [6.07, 6.45) is -3.73. The number of benzene rings is 8. The lowest BCUT2D eigenvalue weighted by Gasteiger charge is -2.45. The van der Waals surface area contributed by atoms with Gasteiger partial charge in [-0.1, -0.05) is 93.6 Å². The molecule has 0 fully saturated rings. The SMILES string of the molecule is [B]c1c(O)c(C2c3c(OP)cc(OP)c([B])c3OC(c3ccc(OP)c(OP)c3)C2O)c(O)c2c1OC(c1ccc(O)c(O)c1)C(C)C2c1ccc(C)c2c1OC(c1ccc(C)c(C)c1)C(C)C2c1ccc(C)c2c1OC(c1ccc(C)c(C)c1)C(C)C2. The summed E-state index contributed by atoms with van der Waals surface area (Å²) in [4.78, 5) is 0. The molecule has 0 amide bonds. The van der Waals surface area contributed by atoms with Crippen molar-refractivity contribution in [3.05, 3.63) is 198 Å². The van der Waals surface area contributed by atoms with Crippen molar-refractivity contribution < 1.29 is 62.6 Å². The summed E-state index contributed by atoms with van der Waals surface area (Å²) < 4.78 is 51.6. The van der Waals surface area contributed by atoms with Crippen LogP contribution in [0.5, 0.6) is 69.0 Å². The summed E-state index contributed by atoms with van der Waals surface area (Å²) in [5, 5.41) is 61.6. The molecule has 8 aromatic carbocycles. The summed E-state index contributed by atoms with van der Waals surface area (Å²) in [6, 6.07) is 32.6. The van der Waals surface area contributed by atoms with Crippen LogP contribution in [0.3, 0.4) is 0 Å². The predicted molar refractivity (Wildman–Crippen MR) is 355 cm³/mol. The molecule has 450 valence electrons. The zero-order valence-electron chi connectivity index (χ0n) is 50.3. The molecule has 0 aromatic heterocycles. The third-order valence-electron chi connectivity index (χ3n) is 19.2. The smallest absolute Gasteiger partial charge is 0.165 e. The fourth-order valence-electron chi connectivity index (χ4n) is 14.2. The lowest BCUT2D eigenvalue weighted by molar-refractivity contribution is 0.00762. The standard InChI is InChI=1S/C69H70B2O13P4/c1-28-10-14-37(22-32(28)5)62-34(7)24-43-30(3)12-18-41(66(43)77-62)51-35(8)63(38-15-11-29(2)33(6)23-38)78-67-42(19-13-31(4)50(51)67)52-36(9)64(39-16-20-44(72)45(73)25-39)79-69-56(52)59(74)55(60(75)58(69)71)54-53-48(83-87)27-49(84-88)57(70)68(53)80-65(61(54)76)40-17-21-46(81-85)47(26-40)82-86/h10-23,25-27,34-36,51-52,54,61-65,72-76H,24,85-88H2,1-9H3. The van der Waals surface area contributed by atoms with E-state index in [2.05, 4.69) is 148 Å². The Bertz CT molecular complexity index is 4120. The Morgan fingerprint density at radius 3 is 1.52 bits per heavy atom. The van der Waals surface area contributed by atoms with Gasteiger partial charge in [-0.3, -0.25) is 0 Å². The summed E-state index contributed by atoms with van der Waals surface area (Å²) in [6.45, 7) is 19.2. The molecule has 4 radical (unpaired) electrons. The van der Waals surface area contributed by atoms with Crippen molar-refractivity contribution >= 4 is 64.5 Å². The quantitative estimate of drug-likeness (QED) is 0.0470. The molecule has 0 saturated carbocycles. The molecule has 8 aromatic rings. The third-order valence-corrected chi connectivity index (χ3v) is 20.2. The van der Waals surface area contributed by atoms with Crippen molar-refractivity contribution in [1.29, 1.82) is 0 Å². The maximum Gasteiger partial charge on any atom is 0.165 e. The average molecular weight is 1250 g/mol. The monoisotopic (exact) mass is 1250 g/mol.